The molecule has 0 N–H and O–H groups in total. The summed E-state index contributed by atoms with van der Waals surface area (Å²) < 4.78 is 6.31. The average Bonchev–Trinajstić information content (AvgIpc) is 3.21. The monoisotopic (exact) mass is 323 g/mol. The summed E-state index contributed by atoms with van der Waals surface area (Å²) in [6, 6.07) is 15.7. The molecule has 4 aromatic rings. The number of hydrogen-bond acceptors (Lipinski definition) is 6. The summed E-state index contributed by atoms with van der Waals surface area (Å²) in [4.78, 5) is 6.15. The van der Waals surface area contributed by atoms with Crippen LogP contribution in [0.5, 0.6) is 5.75 Å². The Kier molecular flexibility index (Phi) is 3.47. The molecule has 23 heavy (non-hydrogen) atoms. The topological polar surface area (TPSA) is 65.7 Å². The van der Waals surface area contributed by atoms with E-state index in [-0.39, 0.29) is 0 Å². The zero-order valence-corrected chi connectivity index (χ0v) is 13.2. The molecule has 0 aliphatic heterocycles. The molecule has 2 heterocycles. The highest BCUT2D eigenvalue weighted by atomic mass is 32.1. The minimum atomic E-state index is 0.516. The van der Waals surface area contributed by atoms with Crippen LogP contribution in [0.1, 0.15) is 5.01 Å². The maximum absolute atomic E-state index is 5.15. The number of aromatic nitrogens is 5. The lowest BCUT2D eigenvalue weighted by Gasteiger charge is -1.99. The second-order valence-electron chi connectivity index (χ2n) is 4.95. The molecule has 0 saturated carbocycles. The molecule has 2 aromatic carbocycles. The molecule has 0 unspecified atom stereocenters. The Bertz CT molecular complexity index is 911. The Morgan fingerprint density at radius 1 is 1.09 bits per heavy atom. The van der Waals surface area contributed by atoms with Crippen molar-refractivity contribution in [1.29, 1.82) is 0 Å². The Morgan fingerprint density at radius 2 is 1.91 bits per heavy atom. The summed E-state index contributed by atoms with van der Waals surface area (Å²) in [5, 5.41) is 13.6. The van der Waals surface area contributed by atoms with E-state index in [1.165, 1.54) is 0 Å². The van der Waals surface area contributed by atoms with Gasteiger partial charge in [0.15, 0.2) is 0 Å². The molecular weight excluding hydrogens is 310 g/mol. The molecule has 0 bridgehead atoms. The highest BCUT2D eigenvalue weighted by Crippen LogP contribution is 2.22. The van der Waals surface area contributed by atoms with Gasteiger partial charge in [0, 0.05) is 5.56 Å². The predicted molar refractivity (Wildman–Crippen MR) is 88.5 cm³/mol. The van der Waals surface area contributed by atoms with Crippen LogP contribution in [0, 0.1) is 0 Å². The van der Waals surface area contributed by atoms with E-state index in [2.05, 4.69) is 26.5 Å². The first-order chi connectivity index (χ1) is 11.3. The van der Waals surface area contributed by atoms with Gasteiger partial charge in [-0.2, -0.15) is 4.80 Å². The van der Waals surface area contributed by atoms with Gasteiger partial charge in [-0.25, -0.2) is 4.98 Å². The quantitative estimate of drug-likeness (QED) is 0.577. The first-order valence-corrected chi connectivity index (χ1v) is 7.90. The molecule has 2 aromatic heterocycles. The SMILES string of the molecule is COc1ccc(-c2nnn(Cc3nc4ccccc4s3)n2)cc1. The van der Waals surface area contributed by atoms with E-state index in [4.69, 9.17) is 4.74 Å². The second-order valence-corrected chi connectivity index (χ2v) is 6.06. The van der Waals surface area contributed by atoms with Crippen molar-refractivity contribution < 1.29 is 4.74 Å². The number of thiazole rings is 1. The van der Waals surface area contributed by atoms with E-state index in [0.29, 0.717) is 12.4 Å². The van der Waals surface area contributed by atoms with Crippen molar-refractivity contribution in [2.75, 3.05) is 7.11 Å². The van der Waals surface area contributed by atoms with Gasteiger partial charge in [0.1, 0.15) is 17.3 Å². The van der Waals surface area contributed by atoms with Crippen LogP contribution in [0.2, 0.25) is 0 Å². The van der Waals surface area contributed by atoms with Crippen molar-refractivity contribution in [2.45, 2.75) is 6.54 Å². The summed E-state index contributed by atoms with van der Waals surface area (Å²) in [6.07, 6.45) is 0. The van der Waals surface area contributed by atoms with Crippen LogP contribution in [0.15, 0.2) is 48.5 Å². The minimum Gasteiger partial charge on any atom is -0.497 e. The standard InChI is InChI=1S/C16H13N5OS/c1-22-12-8-6-11(7-9-12)16-18-20-21(19-16)10-15-17-13-4-2-3-5-14(13)23-15/h2-9H,10H2,1H3. The summed E-state index contributed by atoms with van der Waals surface area (Å²) in [6.45, 7) is 0.516. The summed E-state index contributed by atoms with van der Waals surface area (Å²) >= 11 is 1.65. The molecule has 0 aliphatic carbocycles. The number of nitrogens with zero attached hydrogens (tertiary/aromatic N) is 5. The first kappa shape index (κ1) is 13.8. The van der Waals surface area contributed by atoms with E-state index < -0.39 is 0 Å². The molecule has 0 fully saturated rings. The highest BCUT2D eigenvalue weighted by molar-refractivity contribution is 7.18. The molecule has 0 radical (unpaired) electrons. The normalized spacial score (nSPS) is 11.0. The predicted octanol–water partition coefficient (Wildman–Crippen LogP) is 3.01. The number of fused-ring (bicyclic) bond motifs is 1. The number of rotatable bonds is 4. The Hall–Kier alpha value is -2.80. The van der Waals surface area contributed by atoms with E-state index in [1.54, 1.807) is 23.2 Å². The zero-order chi connectivity index (χ0) is 15.6. The molecule has 0 spiro atoms. The molecule has 0 aliphatic rings. The Balaban J connectivity index is 1.57. The lowest BCUT2D eigenvalue weighted by Crippen LogP contribution is -2.03. The van der Waals surface area contributed by atoms with E-state index in [9.17, 15) is 0 Å². The third kappa shape index (κ3) is 2.78. The van der Waals surface area contributed by atoms with Gasteiger partial charge in [-0.1, -0.05) is 12.1 Å². The van der Waals surface area contributed by atoms with Crippen molar-refractivity contribution in [3.05, 3.63) is 53.5 Å². The van der Waals surface area contributed by atoms with Gasteiger partial charge in [0.05, 0.1) is 17.3 Å². The fraction of sp³-hybridized carbons (Fsp3) is 0.125. The molecule has 6 nitrogen and oxygen atoms in total. The summed E-state index contributed by atoms with van der Waals surface area (Å²) in [7, 11) is 1.64. The summed E-state index contributed by atoms with van der Waals surface area (Å²) in [5.74, 6) is 1.39. The molecule has 114 valence electrons. The fourth-order valence-electron chi connectivity index (χ4n) is 2.27. The number of tetrazole rings is 1. The van der Waals surface area contributed by atoms with Crippen LogP contribution in [-0.4, -0.2) is 32.3 Å². The maximum atomic E-state index is 5.15. The minimum absolute atomic E-state index is 0.516. The van der Waals surface area contributed by atoms with Crippen molar-refractivity contribution >= 4 is 21.6 Å². The lowest BCUT2D eigenvalue weighted by atomic mass is 10.2. The summed E-state index contributed by atoms with van der Waals surface area (Å²) in [5.41, 5.74) is 1.91. The van der Waals surface area contributed by atoms with Crippen molar-refractivity contribution in [3.8, 4) is 17.1 Å². The van der Waals surface area contributed by atoms with Gasteiger partial charge in [0.2, 0.25) is 5.82 Å². The van der Waals surface area contributed by atoms with Crippen LogP contribution in [0.3, 0.4) is 0 Å². The number of ether oxygens (including phenoxy) is 1. The number of hydrogen-bond donors (Lipinski definition) is 0. The average molecular weight is 323 g/mol. The smallest absolute Gasteiger partial charge is 0.204 e. The zero-order valence-electron chi connectivity index (χ0n) is 12.4. The van der Waals surface area contributed by atoms with Gasteiger partial charge in [0.25, 0.3) is 0 Å². The number of para-hydroxylation sites is 1. The van der Waals surface area contributed by atoms with Crippen LogP contribution < -0.4 is 4.74 Å². The second kappa shape index (κ2) is 5.77. The number of methoxy groups -OCH3 is 1. The molecule has 7 heteroatoms. The molecular formula is C16H13N5OS. The van der Waals surface area contributed by atoms with Crippen molar-refractivity contribution in [1.82, 2.24) is 25.2 Å². The Labute approximate surface area is 136 Å². The van der Waals surface area contributed by atoms with E-state index >= 15 is 0 Å². The molecule has 4 rings (SSSR count). The van der Waals surface area contributed by atoms with Crippen LogP contribution in [-0.2, 0) is 6.54 Å². The van der Waals surface area contributed by atoms with Crippen molar-refractivity contribution in [2.24, 2.45) is 0 Å². The van der Waals surface area contributed by atoms with Crippen LogP contribution in [0.4, 0.5) is 0 Å². The van der Waals surface area contributed by atoms with Crippen molar-refractivity contribution in [3.63, 3.8) is 0 Å². The largest absolute Gasteiger partial charge is 0.497 e. The van der Waals surface area contributed by atoms with Gasteiger partial charge < -0.3 is 4.74 Å². The van der Waals surface area contributed by atoms with Gasteiger partial charge in [-0.3, -0.25) is 0 Å². The van der Waals surface area contributed by atoms with Gasteiger partial charge >= 0.3 is 0 Å². The third-order valence-electron chi connectivity index (χ3n) is 3.42. The first-order valence-electron chi connectivity index (χ1n) is 7.08. The van der Waals surface area contributed by atoms with Gasteiger partial charge in [-0.05, 0) is 41.6 Å². The maximum Gasteiger partial charge on any atom is 0.204 e. The molecule has 0 amide bonds. The third-order valence-corrected chi connectivity index (χ3v) is 4.44. The molecule has 0 atom stereocenters. The van der Waals surface area contributed by atoms with Crippen LogP contribution in [0.25, 0.3) is 21.6 Å². The van der Waals surface area contributed by atoms with E-state index in [0.717, 1.165) is 26.5 Å². The molecule has 0 saturated heterocycles. The number of benzene rings is 2. The highest BCUT2D eigenvalue weighted by Gasteiger charge is 2.09. The Morgan fingerprint density at radius 3 is 2.70 bits per heavy atom. The van der Waals surface area contributed by atoms with Crippen LogP contribution >= 0.6 is 11.3 Å². The fourth-order valence-corrected chi connectivity index (χ4v) is 3.22. The van der Waals surface area contributed by atoms with Gasteiger partial charge in [-0.15, -0.1) is 21.5 Å². The van der Waals surface area contributed by atoms with E-state index in [1.807, 2.05) is 42.5 Å². The lowest BCUT2D eigenvalue weighted by molar-refractivity contribution is 0.415.